The van der Waals surface area contributed by atoms with Crippen molar-refractivity contribution in [2.24, 2.45) is 23.5 Å². The number of hydrogen-bond acceptors (Lipinski definition) is 8. The average molecular weight is 729 g/mol. The first-order valence-corrected chi connectivity index (χ1v) is 19.4. The zero-order valence-corrected chi connectivity index (χ0v) is 32.8. The van der Waals surface area contributed by atoms with E-state index in [4.69, 9.17) is 20.3 Å². The lowest BCUT2D eigenvalue weighted by Gasteiger charge is -2.49. The van der Waals surface area contributed by atoms with Crippen LogP contribution in [0.5, 0.6) is 11.5 Å². The van der Waals surface area contributed by atoms with E-state index in [0.717, 1.165) is 62.6 Å². The van der Waals surface area contributed by atoms with E-state index in [1.54, 1.807) is 25.0 Å². The number of aromatic nitrogens is 2. The van der Waals surface area contributed by atoms with E-state index in [-0.39, 0.29) is 23.4 Å². The summed E-state index contributed by atoms with van der Waals surface area (Å²) in [7, 11) is 7.25. The van der Waals surface area contributed by atoms with Gasteiger partial charge >= 0.3 is 0 Å². The third-order valence-corrected chi connectivity index (χ3v) is 11.4. The van der Waals surface area contributed by atoms with Gasteiger partial charge in [-0.05, 0) is 138 Å². The van der Waals surface area contributed by atoms with Crippen LogP contribution in [0.2, 0.25) is 0 Å². The van der Waals surface area contributed by atoms with Crippen molar-refractivity contribution in [2.45, 2.75) is 83.6 Å². The van der Waals surface area contributed by atoms with Gasteiger partial charge in [0.25, 0.3) is 11.8 Å². The highest BCUT2D eigenvalue weighted by atomic mass is 16.5. The molecular weight excluding hydrogens is 668 g/mol. The van der Waals surface area contributed by atoms with E-state index < -0.39 is 11.4 Å². The Hall–Kier alpha value is -4.22. The van der Waals surface area contributed by atoms with E-state index in [9.17, 15) is 14.4 Å². The number of rotatable bonds is 17. The lowest BCUT2D eigenvalue weighted by molar-refractivity contribution is -0.118. The molecule has 53 heavy (non-hydrogen) atoms. The molecule has 4 unspecified atom stereocenters. The fourth-order valence-corrected chi connectivity index (χ4v) is 8.48. The van der Waals surface area contributed by atoms with Gasteiger partial charge in [0.2, 0.25) is 0 Å². The molecule has 0 aliphatic heterocycles. The van der Waals surface area contributed by atoms with Crippen LogP contribution >= 0.6 is 0 Å². The van der Waals surface area contributed by atoms with Crippen LogP contribution in [-0.2, 0) is 4.79 Å². The molecule has 11 nitrogen and oxygen atoms in total. The van der Waals surface area contributed by atoms with Gasteiger partial charge in [0.1, 0.15) is 17.8 Å². The van der Waals surface area contributed by atoms with Crippen LogP contribution in [0, 0.1) is 17.8 Å². The van der Waals surface area contributed by atoms with E-state index in [2.05, 4.69) is 31.0 Å². The molecule has 3 N–H and O–H groups in total. The van der Waals surface area contributed by atoms with Crippen LogP contribution in [0.3, 0.4) is 0 Å². The lowest BCUT2D eigenvalue weighted by Crippen LogP contribution is -2.59. The quantitative estimate of drug-likeness (QED) is 0.154. The third kappa shape index (κ3) is 8.78. The molecule has 4 atom stereocenters. The Kier molecular flexibility index (Phi) is 13.4. The fourth-order valence-electron chi connectivity index (χ4n) is 8.48. The summed E-state index contributed by atoms with van der Waals surface area (Å²) in [6, 6.07) is 13.0. The molecule has 5 rings (SSSR count). The highest BCUT2D eigenvalue weighted by Gasteiger charge is 2.48. The average Bonchev–Trinajstić information content (AvgIpc) is 3.61. The number of hydrogen-bond donors (Lipinski definition) is 2. The van der Waals surface area contributed by atoms with Crippen molar-refractivity contribution in [3.05, 3.63) is 59.3 Å². The van der Waals surface area contributed by atoms with Gasteiger partial charge in [-0.3, -0.25) is 9.59 Å². The summed E-state index contributed by atoms with van der Waals surface area (Å²) in [5.41, 5.74) is 8.53. The van der Waals surface area contributed by atoms with Gasteiger partial charge in [0, 0.05) is 18.7 Å². The second-order valence-corrected chi connectivity index (χ2v) is 15.6. The fraction of sp³-hybridized carbons (Fsp3) is 0.571. The Morgan fingerprint density at radius 2 is 1.75 bits per heavy atom. The number of aldehydes is 1. The molecule has 2 aromatic carbocycles. The van der Waals surface area contributed by atoms with E-state index in [1.165, 1.54) is 6.42 Å². The minimum absolute atomic E-state index is 0.00389. The van der Waals surface area contributed by atoms with Crippen LogP contribution < -0.4 is 20.5 Å². The molecule has 2 saturated carbocycles. The summed E-state index contributed by atoms with van der Waals surface area (Å²) < 4.78 is 13.4. The number of carbonyl (C=O) groups is 3. The first kappa shape index (κ1) is 40.0. The predicted octanol–water partition coefficient (Wildman–Crippen LogP) is 6.33. The molecule has 11 heteroatoms. The van der Waals surface area contributed by atoms with Gasteiger partial charge in [-0.15, -0.1) is 0 Å². The van der Waals surface area contributed by atoms with Crippen molar-refractivity contribution >= 4 is 18.1 Å². The van der Waals surface area contributed by atoms with Crippen LogP contribution in [0.1, 0.15) is 104 Å². The maximum Gasteiger partial charge on any atom is 0.272 e. The summed E-state index contributed by atoms with van der Waals surface area (Å²) >= 11 is 0. The van der Waals surface area contributed by atoms with Crippen molar-refractivity contribution in [1.29, 1.82) is 0 Å². The number of methoxy groups -OCH3 is 2. The second kappa shape index (κ2) is 17.7. The molecule has 0 saturated heterocycles. The van der Waals surface area contributed by atoms with Crippen molar-refractivity contribution in [3.63, 3.8) is 0 Å². The molecule has 1 aromatic heterocycles. The minimum Gasteiger partial charge on any atom is -0.496 e. The number of fused-ring (bicyclic) bond motifs is 2. The Labute approximate surface area is 315 Å². The number of carbonyl (C=O) groups excluding carboxylic acids is 3. The predicted molar refractivity (Wildman–Crippen MR) is 209 cm³/mol. The lowest BCUT2D eigenvalue weighted by atomic mass is 9.60. The summed E-state index contributed by atoms with van der Waals surface area (Å²) in [5.74, 6) is 1.94. The molecule has 2 fully saturated rings. The van der Waals surface area contributed by atoms with E-state index in [0.29, 0.717) is 66.2 Å². The number of benzene rings is 2. The summed E-state index contributed by atoms with van der Waals surface area (Å²) in [6.45, 7) is 8.97. The number of nitrogens with two attached hydrogens (primary N) is 1. The Bertz CT molecular complexity index is 1710. The van der Waals surface area contributed by atoms with Gasteiger partial charge in [0.15, 0.2) is 5.69 Å². The maximum atomic E-state index is 14.3. The van der Waals surface area contributed by atoms with Crippen LogP contribution in [0.4, 0.5) is 0 Å². The first-order chi connectivity index (χ1) is 25.5. The first-order valence-electron chi connectivity index (χ1n) is 19.4. The van der Waals surface area contributed by atoms with Crippen molar-refractivity contribution < 1.29 is 23.9 Å². The van der Waals surface area contributed by atoms with E-state index >= 15 is 0 Å². The zero-order chi connectivity index (χ0) is 38.3. The van der Waals surface area contributed by atoms with E-state index in [1.807, 2.05) is 55.4 Å². The van der Waals surface area contributed by atoms with Crippen LogP contribution in [0.15, 0.2) is 42.5 Å². The highest BCUT2D eigenvalue weighted by molar-refractivity contribution is 5.97. The largest absolute Gasteiger partial charge is 0.496 e. The van der Waals surface area contributed by atoms with Gasteiger partial charge in [-0.2, -0.15) is 5.10 Å². The minimum atomic E-state index is -0.930. The second-order valence-electron chi connectivity index (χ2n) is 15.6. The number of ether oxygens (including phenoxy) is 2. The maximum absolute atomic E-state index is 14.3. The standard InChI is InChI=1S/C42H60N6O5/c1-8-29-22-30-16-17-42(27-49,32(23-29)24-30)44-40(50)34-26-36(39-37(52-6)12-9-13-38(39)53-7)48(45-34)35-15-14-31(25-33(35)28(2)3)41(51)47(20-10-18-43)21-11-19-46(4)5/h9,12-15,25-30,32H,8,10-11,16-24,43H2,1-7H3,(H,44,50). The molecule has 1 heterocycles. The highest BCUT2D eigenvalue weighted by Crippen LogP contribution is 2.48. The number of amides is 2. The van der Waals surface area contributed by atoms with Gasteiger partial charge < -0.3 is 35.1 Å². The molecule has 0 spiro atoms. The summed E-state index contributed by atoms with van der Waals surface area (Å²) in [6.07, 6.45) is 8.28. The Balaban J connectivity index is 1.59. The Morgan fingerprint density at radius 3 is 2.38 bits per heavy atom. The van der Waals surface area contributed by atoms with Gasteiger partial charge in [-0.1, -0.05) is 33.3 Å². The molecule has 3 aromatic rings. The third-order valence-electron chi connectivity index (χ3n) is 11.4. The molecule has 2 aliphatic carbocycles. The molecule has 2 amide bonds. The Morgan fingerprint density at radius 1 is 1.04 bits per heavy atom. The molecule has 2 bridgehead atoms. The molecule has 0 radical (unpaired) electrons. The molecule has 288 valence electrons. The topological polar surface area (TPSA) is 132 Å². The SMILES string of the molecule is CCC1CC2CCC(C=O)(NC(=O)c3cc(-c4c(OC)cccc4OC)n(-c4ccc(C(=O)N(CCCN)CCCN(C)C)cc4C(C)C)n3)C(C1)C2. The summed E-state index contributed by atoms with van der Waals surface area (Å²) in [5, 5.41) is 8.17. The number of nitrogens with one attached hydrogen (secondary N) is 1. The van der Waals surface area contributed by atoms with Gasteiger partial charge in [0.05, 0.1) is 36.7 Å². The van der Waals surface area contributed by atoms with Crippen molar-refractivity contribution in [3.8, 4) is 28.4 Å². The van der Waals surface area contributed by atoms with Gasteiger partial charge in [-0.25, -0.2) is 4.68 Å². The monoisotopic (exact) mass is 728 g/mol. The summed E-state index contributed by atoms with van der Waals surface area (Å²) in [4.78, 5) is 45.2. The molecule has 2 aliphatic rings. The zero-order valence-electron chi connectivity index (χ0n) is 32.8. The van der Waals surface area contributed by atoms with Crippen LogP contribution in [0.25, 0.3) is 16.9 Å². The number of nitrogens with zero attached hydrogens (tertiary/aromatic N) is 4. The van der Waals surface area contributed by atoms with Crippen molar-refractivity contribution in [1.82, 2.24) is 24.9 Å². The molecular formula is C42H60N6O5. The van der Waals surface area contributed by atoms with Crippen LogP contribution in [-0.4, -0.2) is 97.7 Å². The smallest absolute Gasteiger partial charge is 0.272 e. The van der Waals surface area contributed by atoms with Crippen molar-refractivity contribution in [2.75, 3.05) is 54.5 Å². The normalized spacial score (nSPS) is 21.1.